The normalized spacial score (nSPS) is 11.9. The van der Waals surface area contributed by atoms with Gasteiger partial charge in [-0.15, -0.1) is 0 Å². The molecule has 1 atom stereocenters. The molecule has 98 valence electrons. The number of hydrogen-bond acceptors (Lipinski definition) is 2. The summed E-state index contributed by atoms with van der Waals surface area (Å²) >= 11 is 5.99. The van der Waals surface area contributed by atoms with E-state index >= 15 is 0 Å². The number of anilines is 1. The molecule has 0 aliphatic heterocycles. The van der Waals surface area contributed by atoms with E-state index in [1.165, 1.54) is 12.8 Å². The van der Waals surface area contributed by atoms with Crippen molar-refractivity contribution in [2.75, 3.05) is 5.32 Å². The zero-order valence-electron chi connectivity index (χ0n) is 11.2. The van der Waals surface area contributed by atoms with Gasteiger partial charge in [0.05, 0.1) is 11.3 Å². The van der Waals surface area contributed by atoms with Crippen LogP contribution in [0.2, 0.25) is 5.02 Å². The summed E-state index contributed by atoms with van der Waals surface area (Å²) in [6.07, 6.45) is 5.81. The minimum absolute atomic E-state index is 0.431. The van der Waals surface area contributed by atoms with Crippen molar-refractivity contribution in [3.8, 4) is 6.07 Å². The van der Waals surface area contributed by atoms with Gasteiger partial charge in [0.2, 0.25) is 0 Å². The Balaban J connectivity index is 2.79. The van der Waals surface area contributed by atoms with Crippen molar-refractivity contribution in [3.63, 3.8) is 0 Å². The third-order valence-corrected chi connectivity index (χ3v) is 3.24. The maximum atomic E-state index is 9.10. The Hall–Kier alpha value is -1.20. The summed E-state index contributed by atoms with van der Waals surface area (Å²) in [6, 6.07) is 8.01. The van der Waals surface area contributed by atoms with Crippen LogP contribution >= 0.6 is 11.6 Å². The van der Waals surface area contributed by atoms with Crippen molar-refractivity contribution >= 4 is 17.3 Å². The molecule has 0 heterocycles. The Morgan fingerprint density at radius 1 is 1.28 bits per heavy atom. The van der Waals surface area contributed by atoms with Crippen molar-refractivity contribution in [1.82, 2.24) is 0 Å². The molecular weight excluding hydrogens is 244 g/mol. The van der Waals surface area contributed by atoms with Crippen LogP contribution in [-0.2, 0) is 0 Å². The lowest BCUT2D eigenvalue weighted by Crippen LogP contribution is -2.19. The molecule has 0 spiro atoms. The van der Waals surface area contributed by atoms with E-state index in [1.54, 1.807) is 12.1 Å². The summed E-state index contributed by atoms with van der Waals surface area (Å²) in [4.78, 5) is 0. The number of rotatable bonds is 7. The zero-order valence-corrected chi connectivity index (χ0v) is 11.9. The van der Waals surface area contributed by atoms with Crippen molar-refractivity contribution in [2.24, 2.45) is 0 Å². The van der Waals surface area contributed by atoms with Gasteiger partial charge in [-0.3, -0.25) is 0 Å². The van der Waals surface area contributed by atoms with Gasteiger partial charge in [-0.1, -0.05) is 44.7 Å². The maximum absolute atomic E-state index is 9.10. The number of unbranched alkanes of at least 4 members (excludes halogenated alkanes) is 1. The van der Waals surface area contributed by atoms with Crippen LogP contribution in [0.5, 0.6) is 0 Å². The molecular formula is C15H21ClN2. The lowest BCUT2D eigenvalue weighted by molar-refractivity contribution is 0.564. The van der Waals surface area contributed by atoms with Crippen LogP contribution in [0.4, 0.5) is 5.69 Å². The molecule has 1 unspecified atom stereocenters. The van der Waals surface area contributed by atoms with Crippen LogP contribution in [-0.4, -0.2) is 6.04 Å². The van der Waals surface area contributed by atoms with E-state index in [0.717, 1.165) is 24.9 Å². The molecule has 0 aliphatic rings. The second kappa shape index (κ2) is 8.00. The molecule has 2 nitrogen and oxygen atoms in total. The molecule has 1 N–H and O–H groups in total. The standard InChI is InChI=1S/C15H21ClN2/c1-3-5-7-14(6-4-2)18-15-10-13(16)9-8-12(15)11-17/h8-10,14,18H,3-7H2,1-2H3. The zero-order chi connectivity index (χ0) is 13.4. The highest BCUT2D eigenvalue weighted by atomic mass is 35.5. The van der Waals surface area contributed by atoms with Gasteiger partial charge < -0.3 is 5.32 Å². The first-order valence-corrected chi connectivity index (χ1v) is 7.05. The van der Waals surface area contributed by atoms with Crippen LogP contribution in [0.1, 0.15) is 51.5 Å². The number of hydrogen-bond donors (Lipinski definition) is 1. The summed E-state index contributed by atoms with van der Waals surface area (Å²) in [5, 5.41) is 13.2. The largest absolute Gasteiger partial charge is 0.381 e. The van der Waals surface area contributed by atoms with Crippen LogP contribution < -0.4 is 5.32 Å². The Morgan fingerprint density at radius 3 is 2.67 bits per heavy atom. The highest BCUT2D eigenvalue weighted by molar-refractivity contribution is 6.30. The van der Waals surface area contributed by atoms with Gasteiger partial charge in [-0.2, -0.15) is 5.26 Å². The smallest absolute Gasteiger partial charge is 0.101 e. The van der Waals surface area contributed by atoms with Gasteiger partial charge in [-0.25, -0.2) is 0 Å². The summed E-state index contributed by atoms with van der Waals surface area (Å²) in [5.41, 5.74) is 1.52. The van der Waals surface area contributed by atoms with Gasteiger partial charge in [0.1, 0.15) is 6.07 Å². The quantitative estimate of drug-likeness (QED) is 0.754. The number of nitriles is 1. The third-order valence-electron chi connectivity index (χ3n) is 3.00. The van der Waals surface area contributed by atoms with Crippen molar-refractivity contribution in [3.05, 3.63) is 28.8 Å². The molecule has 0 aromatic heterocycles. The lowest BCUT2D eigenvalue weighted by atomic mass is 10.0. The van der Waals surface area contributed by atoms with Crippen molar-refractivity contribution < 1.29 is 0 Å². The molecule has 0 saturated carbocycles. The number of benzene rings is 1. The summed E-state index contributed by atoms with van der Waals surface area (Å²) in [5.74, 6) is 0. The first-order chi connectivity index (χ1) is 8.71. The molecule has 3 heteroatoms. The molecule has 0 aliphatic carbocycles. The molecule has 1 aromatic carbocycles. The SMILES string of the molecule is CCCCC(CCC)Nc1cc(Cl)ccc1C#N. The summed E-state index contributed by atoms with van der Waals surface area (Å²) < 4.78 is 0. The molecule has 18 heavy (non-hydrogen) atoms. The Bertz CT molecular complexity index is 409. The van der Waals surface area contributed by atoms with Gasteiger partial charge in [0.25, 0.3) is 0 Å². The predicted molar refractivity (Wildman–Crippen MR) is 78.0 cm³/mol. The van der Waals surface area contributed by atoms with E-state index in [0.29, 0.717) is 16.6 Å². The van der Waals surface area contributed by atoms with Gasteiger partial charge >= 0.3 is 0 Å². The minimum atomic E-state index is 0.431. The van der Waals surface area contributed by atoms with Gasteiger partial charge in [-0.05, 0) is 31.0 Å². The van der Waals surface area contributed by atoms with Crippen LogP contribution in [0.15, 0.2) is 18.2 Å². The summed E-state index contributed by atoms with van der Waals surface area (Å²) in [6.45, 7) is 4.38. The van der Waals surface area contributed by atoms with Gasteiger partial charge in [0.15, 0.2) is 0 Å². The van der Waals surface area contributed by atoms with Crippen LogP contribution in [0, 0.1) is 11.3 Å². The third kappa shape index (κ3) is 4.58. The van der Waals surface area contributed by atoms with Crippen molar-refractivity contribution in [2.45, 2.75) is 52.0 Å². The fourth-order valence-corrected chi connectivity index (χ4v) is 2.21. The number of halogens is 1. The van der Waals surface area contributed by atoms with E-state index in [2.05, 4.69) is 25.2 Å². The van der Waals surface area contributed by atoms with Crippen molar-refractivity contribution in [1.29, 1.82) is 5.26 Å². The Labute approximate surface area is 115 Å². The lowest BCUT2D eigenvalue weighted by Gasteiger charge is -2.20. The molecule has 0 amide bonds. The monoisotopic (exact) mass is 264 g/mol. The molecule has 0 bridgehead atoms. The second-order valence-corrected chi connectivity index (χ2v) is 5.01. The molecule has 0 fully saturated rings. The highest BCUT2D eigenvalue weighted by Gasteiger charge is 2.10. The maximum Gasteiger partial charge on any atom is 0.101 e. The summed E-state index contributed by atoms with van der Waals surface area (Å²) in [7, 11) is 0. The fourth-order valence-electron chi connectivity index (χ4n) is 2.04. The van der Waals surface area contributed by atoms with E-state index in [4.69, 9.17) is 16.9 Å². The first kappa shape index (κ1) is 14.9. The molecule has 0 radical (unpaired) electrons. The van der Waals surface area contributed by atoms with Crippen LogP contribution in [0.25, 0.3) is 0 Å². The average Bonchev–Trinajstić information content (AvgIpc) is 2.36. The van der Waals surface area contributed by atoms with E-state index in [9.17, 15) is 0 Å². The first-order valence-electron chi connectivity index (χ1n) is 6.67. The van der Waals surface area contributed by atoms with E-state index in [1.807, 2.05) is 6.07 Å². The number of nitrogens with zero attached hydrogens (tertiary/aromatic N) is 1. The molecule has 0 saturated heterocycles. The van der Waals surface area contributed by atoms with Crippen LogP contribution in [0.3, 0.4) is 0 Å². The van der Waals surface area contributed by atoms with Gasteiger partial charge in [0, 0.05) is 11.1 Å². The predicted octanol–water partition coefficient (Wildman–Crippen LogP) is 4.98. The second-order valence-electron chi connectivity index (χ2n) is 4.57. The molecule has 1 aromatic rings. The Morgan fingerprint density at radius 2 is 2.06 bits per heavy atom. The fraction of sp³-hybridized carbons (Fsp3) is 0.533. The minimum Gasteiger partial charge on any atom is -0.381 e. The topological polar surface area (TPSA) is 35.8 Å². The van der Waals surface area contributed by atoms with E-state index < -0.39 is 0 Å². The molecule has 1 rings (SSSR count). The average molecular weight is 265 g/mol. The Kier molecular flexibility index (Phi) is 6.60. The van der Waals surface area contributed by atoms with E-state index in [-0.39, 0.29) is 0 Å². The highest BCUT2D eigenvalue weighted by Crippen LogP contribution is 2.23. The number of nitrogens with one attached hydrogen (secondary N) is 1.